The summed E-state index contributed by atoms with van der Waals surface area (Å²) in [5.74, 6) is 1.37. The van der Waals surface area contributed by atoms with Crippen LogP contribution in [-0.2, 0) is 12.0 Å². The van der Waals surface area contributed by atoms with E-state index in [4.69, 9.17) is 9.72 Å². The lowest BCUT2D eigenvalue weighted by Gasteiger charge is -2.19. The smallest absolute Gasteiger partial charge is 0.270 e. The Morgan fingerprint density at radius 2 is 1.51 bits per heavy atom. The van der Waals surface area contributed by atoms with E-state index >= 15 is 0 Å². The van der Waals surface area contributed by atoms with Crippen molar-refractivity contribution < 1.29 is 9.53 Å². The number of thiophene rings is 1. The molecular weight excluding hydrogens is 550 g/mol. The monoisotopic (exact) mass is 581 g/mol. The number of ether oxygens (including phenoxy) is 1. The first kappa shape index (κ1) is 26.9. The van der Waals surface area contributed by atoms with Gasteiger partial charge >= 0.3 is 0 Å². The van der Waals surface area contributed by atoms with Gasteiger partial charge in [0, 0.05) is 38.5 Å². The van der Waals surface area contributed by atoms with Crippen molar-refractivity contribution in [2.45, 2.75) is 32.7 Å². The Morgan fingerprint density at radius 3 is 2.28 bits per heavy atom. The molecule has 3 aromatic heterocycles. The van der Waals surface area contributed by atoms with Crippen LogP contribution in [0.3, 0.4) is 0 Å². The first-order valence-corrected chi connectivity index (χ1v) is 15.2. The van der Waals surface area contributed by atoms with Crippen molar-refractivity contribution in [3.63, 3.8) is 0 Å². The highest BCUT2D eigenvalue weighted by Crippen LogP contribution is 2.37. The fourth-order valence-electron chi connectivity index (χ4n) is 5.39. The van der Waals surface area contributed by atoms with Crippen LogP contribution in [-0.4, -0.2) is 15.3 Å². The normalized spacial score (nSPS) is 11.8. The number of carbonyl (C=O) groups excluding carboxylic acids is 1. The lowest BCUT2D eigenvalue weighted by atomic mass is 9.87. The van der Waals surface area contributed by atoms with Gasteiger partial charge in [0.05, 0.1) is 0 Å². The van der Waals surface area contributed by atoms with E-state index in [1.54, 1.807) is 11.3 Å². The van der Waals surface area contributed by atoms with Gasteiger partial charge in [0.25, 0.3) is 5.91 Å². The number of rotatable bonds is 6. The molecule has 0 saturated heterocycles. The molecule has 0 bridgehead atoms. The summed E-state index contributed by atoms with van der Waals surface area (Å²) in [6.45, 7) is 6.97. The van der Waals surface area contributed by atoms with Gasteiger partial charge in [-0.15, -0.1) is 11.3 Å². The summed E-state index contributed by atoms with van der Waals surface area (Å²) in [4.78, 5) is 18.6. The molecule has 3 heterocycles. The second-order valence-corrected chi connectivity index (χ2v) is 12.8. The molecule has 1 amide bonds. The molecule has 4 aromatic carbocycles. The molecule has 0 fully saturated rings. The maximum atomic E-state index is 13.7. The van der Waals surface area contributed by atoms with Gasteiger partial charge in [0.15, 0.2) is 0 Å². The third kappa shape index (κ3) is 5.26. The average molecular weight is 582 g/mol. The number of pyridine rings is 1. The van der Waals surface area contributed by atoms with Crippen molar-refractivity contribution in [2.24, 2.45) is 0 Å². The van der Waals surface area contributed by atoms with Crippen LogP contribution in [0.15, 0.2) is 115 Å². The number of aromatic nitrogens is 2. The quantitative estimate of drug-likeness (QED) is 0.213. The zero-order valence-electron chi connectivity index (χ0n) is 24.3. The van der Waals surface area contributed by atoms with Crippen LogP contribution >= 0.6 is 11.3 Å². The van der Waals surface area contributed by atoms with Gasteiger partial charge < -0.3 is 10.1 Å². The maximum Gasteiger partial charge on any atom is 0.270 e. The number of imidazole rings is 1. The number of carbonyl (C=O) groups is 1. The molecule has 0 aliphatic carbocycles. The molecule has 0 spiro atoms. The number of hydrogen-bond acceptors (Lipinski definition) is 4. The van der Waals surface area contributed by atoms with Crippen LogP contribution in [0.2, 0.25) is 0 Å². The van der Waals surface area contributed by atoms with Gasteiger partial charge in [0.2, 0.25) is 0 Å². The molecule has 6 heteroatoms. The minimum atomic E-state index is -0.178. The molecule has 7 rings (SSSR count). The van der Waals surface area contributed by atoms with E-state index in [9.17, 15) is 4.79 Å². The van der Waals surface area contributed by atoms with E-state index in [-0.39, 0.29) is 11.3 Å². The van der Waals surface area contributed by atoms with E-state index in [0.29, 0.717) is 17.9 Å². The lowest BCUT2D eigenvalue weighted by Crippen LogP contribution is -2.24. The third-order valence-electron chi connectivity index (χ3n) is 7.73. The predicted molar refractivity (Wildman–Crippen MR) is 176 cm³/mol. The van der Waals surface area contributed by atoms with E-state index in [1.165, 1.54) is 25.7 Å². The number of amides is 1. The summed E-state index contributed by atoms with van der Waals surface area (Å²) in [7, 11) is 0. The van der Waals surface area contributed by atoms with Crippen LogP contribution in [0, 0.1) is 0 Å². The molecule has 212 valence electrons. The molecule has 0 radical (unpaired) electrons. The Kier molecular flexibility index (Phi) is 6.71. The SMILES string of the molecule is CC(C)(C)c1ccc(Oc2ccc(CNC(=O)c3c(-c4ccc5sc6ccccc6c5c4)nc4ccccn34)cc2)cc1. The number of nitrogens with zero attached hydrogens (tertiary/aromatic N) is 2. The number of hydrogen-bond donors (Lipinski definition) is 1. The van der Waals surface area contributed by atoms with Crippen LogP contribution in [0.1, 0.15) is 42.4 Å². The second-order valence-electron chi connectivity index (χ2n) is 11.8. The van der Waals surface area contributed by atoms with E-state index in [2.05, 4.69) is 80.7 Å². The Labute approximate surface area is 254 Å². The Hall–Kier alpha value is -4.94. The summed E-state index contributed by atoms with van der Waals surface area (Å²) in [6.07, 6.45) is 1.89. The summed E-state index contributed by atoms with van der Waals surface area (Å²) in [5.41, 5.74) is 5.18. The van der Waals surface area contributed by atoms with Crippen molar-refractivity contribution in [1.82, 2.24) is 14.7 Å². The lowest BCUT2D eigenvalue weighted by molar-refractivity contribution is 0.0945. The van der Waals surface area contributed by atoms with Crippen LogP contribution < -0.4 is 10.1 Å². The third-order valence-corrected chi connectivity index (χ3v) is 8.88. The predicted octanol–water partition coefficient (Wildman–Crippen LogP) is 9.39. The standard InChI is InChI=1S/C37H31N3O2S/c1-37(2,3)26-14-18-28(19-15-26)42-27-16-11-24(12-17-27)23-38-36(41)35-34(39-33-10-6-7-21-40(33)35)25-13-20-32-30(22-25)29-8-4-5-9-31(29)43-32/h4-22H,23H2,1-3H3,(H,38,41). The van der Waals surface area contributed by atoms with Gasteiger partial charge in [-0.05, 0) is 71.1 Å². The average Bonchev–Trinajstić information content (AvgIpc) is 3.59. The van der Waals surface area contributed by atoms with Gasteiger partial charge in [-0.3, -0.25) is 9.20 Å². The highest BCUT2D eigenvalue weighted by Gasteiger charge is 2.21. The highest BCUT2D eigenvalue weighted by atomic mass is 32.1. The van der Waals surface area contributed by atoms with Crippen molar-refractivity contribution >= 4 is 43.1 Å². The maximum absolute atomic E-state index is 13.7. The van der Waals surface area contributed by atoms with E-state index in [0.717, 1.165) is 28.3 Å². The van der Waals surface area contributed by atoms with Gasteiger partial charge in [-0.2, -0.15) is 0 Å². The molecule has 7 aromatic rings. The molecule has 0 saturated carbocycles. The topological polar surface area (TPSA) is 55.6 Å². The Bertz CT molecular complexity index is 2100. The highest BCUT2D eigenvalue weighted by molar-refractivity contribution is 7.25. The van der Waals surface area contributed by atoms with Gasteiger partial charge in [0.1, 0.15) is 28.5 Å². The fourth-order valence-corrected chi connectivity index (χ4v) is 6.47. The summed E-state index contributed by atoms with van der Waals surface area (Å²) < 4.78 is 10.4. The summed E-state index contributed by atoms with van der Waals surface area (Å²) >= 11 is 1.78. The summed E-state index contributed by atoms with van der Waals surface area (Å²) in [5, 5.41) is 5.51. The molecule has 43 heavy (non-hydrogen) atoms. The van der Waals surface area contributed by atoms with Gasteiger partial charge in [-0.1, -0.05) is 75.4 Å². The fraction of sp³-hybridized carbons (Fsp3) is 0.135. The molecule has 0 aliphatic heterocycles. The van der Waals surface area contributed by atoms with Gasteiger partial charge in [-0.25, -0.2) is 4.98 Å². The molecular formula is C37H31N3O2S. The first-order chi connectivity index (χ1) is 20.8. The zero-order chi connectivity index (χ0) is 29.6. The minimum absolute atomic E-state index is 0.0983. The first-order valence-electron chi connectivity index (χ1n) is 14.4. The van der Waals surface area contributed by atoms with Crippen molar-refractivity contribution in [2.75, 3.05) is 0 Å². The molecule has 5 nitrogen and oxygen atoms in total. The van der Waals surface area contributed by atoms with Crippen LogP contribution in [0.25, 0.3) is 37.1 Å². The molecule has 1 N–H and O–H groups in total. The molecule has 0 unspecified atom stereocenters. The largest absolute Gasteiger partial charge is 0.457 e. The van der Waals surface area contributed by atoms with Crippen LogP contribution in [0.5, 0.6) is 11.5 Å². The van der Waals surface area contributed by atoms with Crippen molar-refractivity contribution in [1.29, 1.82) is 0 Å². The minimum Gasteiger partial charge on any atom is -0.457 e. The number of nitrogens with one attached hydrogen (secondary N) is 1. The Morgan fingerprint density at radius 1 is 0.814 bits per heavy atom. The second kappa shape index (κ2) is 10.7. The molecule has 0 aliphatic rings. The zero-order valence-corrected chi connectivity index (χ0v) is 25.1. The molecule has 0 atom stereocenters. The van der Waals surface area contributed by atoms with E-state index in [1.807, 2.05) is 65.2 Å². The Balaban J connectivity index is 1.12. The van der Waals surface area contributed by atoms with Crippen LogP contribution in [0.4, 0.5) is 0 Å². The summed E-state index contributed by atoms with van der Waals surface area (Å²) in [6, 6.07) is 36.6. The van der Waals surface area contributed by atoms with E-state index < -0.39 is 0 Å². The number of fused-ring (bicyclic) bond motifs is 4. The number of benzene rings is 4. The van der Waals surface area contributed by atoms with Crippen molar-refractivity contribution in [3.8, 4) is 22.8 Å². The van der Waals surface area contributed by atoms with Crippen molar-refractivity contribution in [3.05, 3.63) is 132 Å².